The molecular weight excluding hydrogens is 210 g/mol. The van der Waals surface area contributed by atoms with Crippen molar-refractivity contribution < 1.29 is 19.8 Å². The van der Waals surface area contributed by atoms with Gasteiger partial charge in [-0.25, -0.2) is 0 Å². The molecule has 1 aliphatic carbocycles. The molecule has 2 atom stereocenters. The quantitative estimate of drug-likeness (QED) is 0.655. The van der Waals surface area contributed by atoms with Crippen molar-refractivity contribution in [3.05, 3.63) is 0 Å². The first-order chi connectivity index (χ1) is 7.52. The van der Waals surface area contributed by atoms with Gasteiger partial charge in [0.1, 0.15) is 12.1 Å². The third kappa shape index (κ3) is 3.48. The Kier molecular flexibility index (Phi) is 4.73. The smallest absolute Gasteiger partial charge is 0.325 e. The first-order valence-corrected chi connectivity index (χ1v) is 5.73. The van der Waals surface area contributed by atoms with E-state index in [1.165, 1.54) is 6.92 Å². The van der Waals surface area contributed by atoms with Crippen molar-refractivity contribution in [2.75, 3.05) is 0 Å². The lowest BCUT2D eigenvalue weighted by atomic mass is 9.85. The van der Waals surface area contributed by atoms with E-state index < -0.39 is 24.0 Å². The summed E-state index contributed by atoms with van der Waals surface area (Å²) in [5.41, 5.74) is 0. The fraction of sp³-hybridized carbons (Fsp3) is 0.818. The summed E-state index contributed by atoms with van der Waals surface area (Å²) in [5.74, 6) is -1.68. The fourth-order valence-electron chi connectivity index (χ4n) is 2.02. The number of carbonyl (C=O) groups excluding carboxylic acids is 1. The normalized spacial score (nSPS) is 21.1. The molecule has 1 aliphatic rings. The number of carboxylic acids is 1. The van der Waals surface area contributed by atoms with Gasteiger partial charge in [0, 0.05) is 0 Å². The highest BCUT2D eigenvalue weighted by atomic mass is 16.4. The third-order valence-electron chi connectivity index (χ3n) is 3.09. The molecule has 0 aromatic heterocycles. The van der Waals surface area contributed by atoms with E-state index in [2.05, 4.69) is 5.32 Å². The molecule has 0 heterocycles. The Balaban J connectivity index is 2.43. The van der Waals surface area contributed by atoms with E-state index in [4.69, 9.17) is 5.11 Å². The van der Waals surface area contributed by atoms with Gasteiger partial charge in [0.25, 0.3) is 0 Å². The Labute approximate surface area is 94.8 Å². The van der Waals surface area contributed by atoms with Crippen LogP contribution in [0.15, 0.2) is 0 Å². The molecule has 0 spiro atoms. The van der Waals surface area contributed by atoms with E-state index in [1.807, 2.05) is 0 Å². The number of carboxylic acid groups (broad SMARTS) is 1. The molecule has 1 amide bonds. The summed E-state index contributed by atoms with van der Waals surface area (Å²) in [7, 11) is 0. The summed E-state index contributed by atoms with van der Waals surface area (Å²) >= 11 is 0. The second kappa shape index (κ2) is 5.84. The maximum atomic E-state index is 11.5. The number of aliphatic hydroxyl groups excluding tert-OH is 1. The van der Waals surface area contributed by atoms with Gasteiger partial charge in [-0.15, -0.1) is 0 Å². The summed E-state index contributed by atoms with van der Waals surface area (Å²) in [6.07, 6.45) is 3.83. The molecule has 3 N–H and O–H groups in total. The van der Waals surface area contributed by atoms with E-state index in [9.17, 15) is 14.7 Å². The van der Waals surface area contributed by atoms with Gasteiger partial charge in [-0.3, -0.25) is 9.59 Å². The van der Waals surface area contributed by atoms with Crippen LogP contribution in [0.25, 0.3) is 0 Å². The zero-order chi connectivity index (χ0) is 12.1. The highest BCUT2D eigenvalue weighted by Gasteiger charge is 2.28. The van der Waals surface area contributed by atoms with Crippen LogP contribution in [0, 0.1) is 5.92 Å². The Morgan fingerprint density at radius 1 is 1.25 bits per heavy atom. The number of aliphatic hydroxyl groups is 1. The topological polar surface area (TPSA) is 86.6 Å². The number of aliphatic carboxylic acids is 1. The number of nitrogens with one attached hydrogen (secondary N) is 1. The van der Waals surface area contributed by atoms with Gasteiger partial charge in [-0.2, -0.15) is 0 Å². The van der Waals surface area contributed by atoms with Crippen molar-refractivity contribution in [2.24, 2.45) is 5.92 Å². The van der Waals surface area contributed by atoms with Gasteiger partial charge in [-0.1, -0.05) is 19.3 Å². The molecule has 5 nitrogen and oxygen atoms in total. The van der Waals surface area contributed by atoms with Crippen molar-refractivity contribution in [2.45, 2.75) is 51.2 Å². The van der Waals surface area contributed by atoms with Crippen molar-refractivity contribution >= 4 is 11.9 Å². The molecule has 0 radical (unpaired) electrons. The Hall–Kier alpha value is -1.10. The number of amides is 1. The second-order valence-corrected chi connectivity index (χ2v) is 4.41. The zero-order valence-electron chi connectivity index (χ0n) is 9.48. The van der Waals surface area contributed by atoms with Crippen LogP contribution >= 0.6 is 0 Å². The van der Waals surface area contributed by atoms with Crippen LogP contribution in [0.4, 0.5) is 0 Å². The average Bonchev–Trinajstić information content (AvgIpc) is 2.28. The summed E-state index contributed by atoms with van der Waals surface area (Å²) in [5, 5.41) is 20.7. The Morgan fingerprint density at radius 3 is 2.31 bits per heavy atom. The van der Waals surface area contributed by atoms with Crippen LogP contribution < -0.4 is 5.32 Å². The molecule has 0 aromatic carbocycles. The SMILES string of the molecule is C[C@@H](NC(=O)C(O)C1CCCCC1)C(=O)O. The predicted molar refractivity (Wildman–Crippen MR) is 57.8 cm³/mol. The van der Waals surface area contributed by atoms with Crippen LogP contribution in [0.5, 0.6) is 0 Å². The fourth-order valence-corrected chi connectivity index (χ4v) is 2.02. The summed E-state index contributed by atoms with van der Waals surface area (Å²) in [6.45, 7) is 1.38. The molecule has 0 aliphatic heterocycles. The molecule has 1 fully saturated rings. The van der Waals surface area contributed by atoms with E-state index in [1.54, 1.807) is 0 Å². The number of rotatable bonds is 4. The van der Waals surface area contributed by atoms with Gasteiger partial charge >= 0.3 is 5.97 Å². The first-order valence-electron chi connectivity index (χ1n) is 5.73. The Bertz CT molecular complexity index is 261. The van der Waals surface area contributed by atoms with E-state index in [-0.39, 0.29) is 5.92 Å². The molecule has 16 heavy (non-hydrogen) atoms. The van der Waals surface area contributed by atoms with Crippen molar-refractivity contribution in [1.82, 2.24) is 5.32 Å². The summed E-state index contributed by atoms with van der Waals surface area (Å²) in [4.78, 5) is 22.1. The van der Waals surface area contributed by atoms with E-state index in [0.29, 0.717) is 0 Å². The van der Waals surface area contributed by atoms with Crippen LogP contribution in [-0.4, -0.2) is 34.2 Å². The molecule has 0 aromatic rings. The van der Waals surface area contributed by atoms with Crippen LogP contribution in [0.3, 0.4) is 0 Å². The molecule has 0 bridgehead atoms. The van der Waals surface area contributed by atoms with Crippen LogP contribution in [-0.2, 0) is 9.59 Å². The minimum atomic E-state index is -1.09. The van der Waals surface area contributed by atoms with Gasteiger partial charge in [0.05, 0.1) is 0 Å². The zero-order valence-corrected chi connectivity index (χ0v) is 9.48. The lowest BCUT2D eigenvalue weighted by molar-refractivity contribution is -0.143. The maximum absolute atomic E-state index is 11.5. The minimum absolute atomic E-state index is 0.0188. The average molecular weight is 229 g/mol. The third-order valence-corrected chi connectivity index (χ3v) is 3.09. The lowest BCUT2D eigenvalue weighted by Crippen LogP contribution is -2.46. The van der Waals surface area contributed by atoms with E-state index in [0.717, 1.165) is 32.1 Å². The van der Waals surface area contributed by atoms with Crippen molar-refractivity contribution in [1.29, 1.82) is 0 Å². The van der Waals surface area contributed by atoms with Gasteiger partial charge in [0.15, 0.2) is 0 Å². The molecule has 92 valence electrons. The monoisotopic (exact) mass is 229 g/mol. The van der Waals surface area contributed by atoms with Crippen LogP contribution in [0.1, 0.15) is 39.0 Å². The summed E-state index contributed by atoms with van der Waals surface area (Å²) in [6, 6.07) is -0.953. The first kappa shape index (κ1) is 13.0. The van der Waals surface area contributed by atoms with Crippen LogP contribution in [0.2, 0.25) is 0 Å². The number of hydrogen-bond acceptors (Lipinski definition) is 3. The van der Waals surface area contributed by atoms with E-state index >= 15 is 0 Å². The summed E-state index contributed by atoms with van der Waals surface area (Å²) < 4.78 is 0. The van der Waals surface area contributed by atoms with Gasteiger partial charge < -0.3 is 15.5 Å². The largest absolute Gasteiger partial charge is 0.480 e. The van der Waals surface area contributed by atoms with Crippen molar-refractivity contribution in [3.63, 3.8) is 0 Å². The molecule has 1 saturated carbocycles. The standard InChI is InChI=1S/C11H19NO4/c1-7(11(15)16)12-10(14)9(13)8-5-3-2-4-6-8/h7-9,13H,2-6H2,1H3,(H,12,14)(H,15,16)/t7-,9?/m1/s1. The predicted octanol–water partition coefficient (Wildman–Crippen LogP) is 0.517. The molecule has 5 heteroatoms. The Morgan fingerprint density at radius 2 is 1.81 bits per heavy atom. The second-order valence-electron chi connectivity index (χ2n) is 4.41. The highest BCUT2D eigenvalue weighted by Crippen LogP contribution is 2.26. The lowest BCUT2D eigenvalue weighted by Gasteiger charge is -2.26. The van der Waals surface area contributed by atoms with Crippen molar-refractivity contribution in [3.8, 4) is 0 Å². The molecule has 0 saturated heterocycles. The van der Waals surface area contributed by atoms with Gasteiger partial charge in [-0.05, 0) is 25.7 Å². The highest BCUT2D eigenvalue weighted by molar-refractivity contribution is 5.86. The number of hydrogen-bond donors (Lipinski definition) is 3. The minimum Gasteiger partial charge on any atom is -0.480 e. The molecule has 1 unspecified atom stereocenters. The number of carbonyl (C=O) groups is 2. The molecular formula is C11H19NO4. The molecule has 1 rings (SSSR count). The maximum Gasteiger partial charge on any atom is 0.325 e. The van der Waals surface area contributed by atoms with Gasteiger partial charge in [0.2, 0.25) is 5.91 Å².